The van der Waals surface area contributed by atoms with Crippen molar-refractivity contribution in [2.24, 2.45) is 0 Å². The Morgan fingerprint density at radius 1 is 0.970 bits per heavy atom. The molecule has 0 radical (unpaired) electrons. The van der Waals surface area contributed by atoms with Crippen LogP contribution in [0.4, 0.5) is 25.0 Å². The molecule has 3 aromatic rings. The van der Waals surface area contributed by atoms with Gasteiger partial charge in [-0.1, -0.05) is 5.21 Å². The van der Waals surface area contributed by atoms with Crippen LogP contribution in [0.1, 0.15) is 0 Å². The molecule has 1 aromatic carbocycles. The highest BCUT2D eigenvalue weighted by atomic mass is 19.1. The largest absolute Gasteiger partial charge is 0.442 e. The van der Waals surface area contributed by atoms with Crippen LogP contribution in [0.15, 0.2) is 46.2 Å². The summed E-state index contributed by atoms with van der Waals surface area (Å²) in [7, 11) is 0. The first kappa shape index (κ1) is 20.8. The number of hydrogen-bond donors (Lipinski definition) is 0. The van der Waals surface area contributed by atoms with Crippen molar-refractivity contribution in [2.45, 2.75) is 25.7 Å². The molecule has 0 bridgehead atoms. The van der Waals surface area contributed by atoms with Gasteiger partial charge in [-0.3, -0.25) is 14.5 Å². The molecule has 2 aliphatic rings. The average molecular weight is 459 g/mol. The summed E-state index contributed by atoms with van der Waals surface area (Å²) in [4.78, 5) is 39.1. The fourth-order valence-corrected chi connectivity index (χ4v) is 4.16. The summed E-state index contributed by atoms with van der Waals surface area (Å²) in [6.45, 7) is 0.806. The zero-order valence-electron chi connectivity index (χ0n) is 17.3. The standard InChI is InChI=1S/C20H19F2N7O4/c21-15-9-13(27-12-14(33-20(27)32)11-26-4-3-23-24-26)10-16(22)19(15)25-5-7-28-17(30)1-2-18(31)29(28)8-6-25/h1-4,9-10,14H,5-8,11-12H2/t14-/m0/s1. The second kappa shape index (κ2) is 8.15. The Balaban J connectivity index is 1.37. The van der Waals surface area contributed by atoms with Crippen molar-refractivity contribution in [1.29, 1.82) is 0 Å². The first-order chi connectivity index (χ1) is 15.9. The van der Waals surface area contributed by atoms with Crippen LogP contribution in [-0.4, -0.2) is 56.2 Å². The molecule has 5 rings (SSSR count). The van der Waals surface area contributed by atoms with Crippen molar-refractivity contribution in [3.8, 4) is 0 Å². The topological polar surface area (TPSA) is 107 Å². The van der Waals surface area contributed by atoms with Crippen LogP contribution in [0.2, 0.25) is 0 Å². The van der Waals surface area contributed by atoms with Gasteiger partial charge in [0.25, 0.3) is 11.1 Å². The molecule has 0 unspecified atom stereocenters. The van der Waals surface area contributed by atoms with E-state index in [0.717, 1.165) is 17.0 Å². The molecule has 0 N–H and O–H groups in total. The third-order valence-electron chi connectivity index (χ3n) is 5.70. The Hall–Kier alpha value is -4.03. The van der Waals surface area contributed by atoms with E-state index in [2.05, 4.69) is 10.3 Å². The van der Waals surface area contributed by atoms with Crippen LogP contribution < -0.4 is 20.9 Å². The van der Waals surface area contributed by atoms with E-state index in [1.54, 1.807) is 6.20 Å². The van der Waals surface area contributed by atoms with Crippen molar-refractivity contribution in [2.75, 3.05) is 29.4 Å². The lowest BCUT2D eigenvalue weighted by Gasteiger charge is -2.24. The summed E-state index contributed by atoms with van der Waals surface area (Å²) in [5.74, 6) is -1.72. The normalized spacial score (nSPS) is 18.2. The van der Waals surface area contributed by atoms with Gasteiger partial charge < -0.3 is 9.64 Å². The molecular formula is C20H19F2N7O4. The molecule has 0 saturated carbocycles. The van der Waals surface area contributed by atoms with Crippen LogP contribution in [0.25, 0.3) is 0 Å². The maximum Gasteiger partial charge on any atom is 0.414 e. The zero-order valence-corrected chi connectivity index (χ0v) is 17.3. The van der Waals surface area contributed by atoms with Gasteiger partial charge in [-0.05, 0) is 0 Å². The summed E-state index contributed by atoms with van der Waals surface area (Å²) in [5.41, 5.74) is -0.966. The number of benzene rings is 1. The number of amides is 1. The number of anilines is 2. The molecule has 0 aliphatic carbocycles. The van der Waals surface area contributed by atoms with Crippen LogP contribution in [-0.2, 0) is 24.4 Å². The van der Waals surface area contributed by atoms with Gasteiger partial charge in [0.2, 0.25) is 0 Å². The molecule has 1 atom stereocenters. The van der Waals surface area contributed by atoms with E-state index < -0.39 is 23.8 Å². The molecule has 2 aliphatic heterocycles. The lowest BCUT2D eigenvalue weighted by Crippen LogP contribution is -2.37. The van der Waals surface area contributed by atoms with Crippen molar-refractivity contribution in [3.05, 3.63) is 69.0 Å². The molecule has 33 heavy (non-hydrogen) atoms. The number of carbonyl (C=O) groups is 1. The number of fused-ring (bicyclic) bond motifs is 1. The van der Waals surface area contributed by atoms with E-state index >= 15 is 8.78 Å². The number of rotatable bonds is 4. The quantitative estimate of drug-likeness (QED) is 0.557. The summed E-state index contributed by atoms with van der Waals surface area (Å²) in [6, 6.07) is 4.51. The Morgan fingerprint density at radius 2 is 1.61 bits per heavy atom. The van der Waals surface area contributed by atoms with Crippen molar-refractivity contribution >= 4 is 17.5 Å². The van der Waals surface area contributed by atoms with Crippen molar-refractivity contribution in [1.82, 2.24) is 24.4 Å². The fraction of sp³-hybridized carbons (Fsp3) is 0.350. The van der Waals surface area contributed by atoms with Gasteiger partial charge in [0.05, 0.1) is 38.1 Å². The number of hydrogen-bond acceptors (Lipinski definition) is 7. The minimum absolute atomic E-state index is 0.0328. The Bertz CT molecular complexity index is 1260. The van der Waals surface area contributed by atoms with Crippen LogP contribution in [0.5, 0.6) is 0 Å². The predicted molar refractivity (Wildman–Crippen MR) is 111 cm³/mol. The van der Waals surface area contributed by atoms with Gasteiger partial charge in [0.1, 0.15) is 11.8 Å². The number of cyclic esters (lactones) is 1. The number of aromatic nitrogens is 5. The van der Waals surface area contributed by atoms with Gasteiger partial charge in [0, 0.05) is 43.6 Å². The average Bonchev–Trinajstić information content (AvgIpc) is 3.35. The van der Waals surface area contributed by atoms with E-state index in [1.165, 1.54) is 37.3 Å². The van der Waals surface area contributed by atoms with Gasteiger partial charge in [-0.15, -0.1) is 5.10 Å². The number of halogens is 2. The molecule has 1 fully saturated rings. The molecule has 1 amide bonds. The maximum atomic E-state index is 15.1. The van der Waals surface area contributed by atoms with Crippen LogP contribution in [0.3, 0.4) is 0 Å². The summed E-state index contributed by atoms with van der Waals surface area (Å²) in [5, 5.41) is 7.50. The lowest BCUT2D eigenvalue weighted by atomic mass is 10.2. The van der Waals surface area contributed by atoms with Crippen LogP contribution >= 0.6 is 0 Å². The molecule has 172 valence electrons. The predicted octanol–water partition coefficient (Wildman–Crippen LogP) is 0.425. The van der Waals surface area contributed by atoms with Crippen molar-refractivity contribution < 1.29 is 18.3 Å². The second-order valence-corrected chi connectivity index (χ2v) is 7.74. The summed E-state index contributed by atoms with van der Waals surface area (Å²) < 4.78 is 39.5. The monoisotopic (exact) mass is 459 g/mol. The van der Waals surface area contributed by atoms with E-state index in [1.807, 2.05) is 0 Å². The third-order valence-corrected chi connectivity index (χ3v) is 5.70. The number of carbonyl (C=O) groups excluding carboxylic acids is 1. The first-order valence-corrected chi connectivity index (χ1v) is 10.3. The SMILES string of the molecule is O=C1O[C@@H](Cn2ccnn2)CN1c1cc(F)c(N2CCn3c(=O)ccc(=O)n3CC2)c(F)c1. The molecular weight excluding hydrogens is 440 g/mol. The van der Waals surface area contributed by atoms with E-state index in [0.29, 0.717) is 0 Å². The molecule has 13 heteroatoms. The van der Waals surface area contributed by atoms with Gasteiger partial charge in [-0.25, -0.2) is 27.6 Å². The summed E-state index contributed by atoms with van der Waals surface area (Å²) in [6.07, 6.45) is 1.85. The third kappa shape index (κ3) is 3.85. The molecule has 4 heterocycles. The number of ether oxygens (including phenoxy) is 1. The minimum Gasteiger partial charge on any atom is -0.442 e. The maximum absolute atomic E-state index is 15.1. The molecule has 1 saturated heterocycles. The van der Waals surface area contributed by atoms with Gasteiger partial charge in [0.15, 0.2) is 11.6 Å². The summed E-state index contributed by atoms with van der Waals surface area (Å²) >= 11 is 0. The van der Waals surface area contributed by atoms with Gasteiger partial charge in [-0.2, -0.15) is 0 Å². The van der Waals surface area contributed by atoms with Crippen LogP contribution in [0, 0.1) is 11.6 Å². The second-order valence-electron chi connectivity index (χ2n) is 7.74. The molecule has 2 aromatic heterocycles. The van der Waals surface area contributed by atoms with E-state index in [-0.39, 0.29) is 61.8 Å². The van der Waals surface area contributed by atoms with E-state index in [4.69, 9.17) is 4.74 Å². The zero-order chi connectivity index (χ0) is 23.1. The lowest BCUT2D eigenvalue weighted by molar-refractivity contribution is 0.129. The smallest absolute Gasteiger partial charge is 0.414 e. The molecule has 0 spiro atoms. The highest BCUT2D eigenvalue weighted by molar-refractivity contribution is 5.90. The Kier molecular flexibility index (Phi) is 5.15. The highest BCUT2D eigenvalue weighted by Gasteiger charge is 2.34. The number of nitrogens with zero attached hydrogens (tertiary/aromatic N) is 7. The Morgan fingerprint density at radius 3 is 2.18 bits per heavy atom. The minimum atomic E-state index is -0.858. The fourth-order valence-electron chi connectivity index (χ4n) is 4.16. The van der Waals surface area contributed by atoms with E-state index in [9.17, 15) is 14.4 Å². The van der Waals surface area contributed by atoms with Gasteiger partial charge >= 0.3 is 6.09 Å². The molecule has 11 nitrogen and oxygen atoms in total. The Labute approximate surface area is 185 Å². The van der Waals surface area contributed by atoms with Crippen molar-refractivity contribution in [3.63, 3.8) is 0 Å². The highest BCUT2D eigenvalue weighted by Crippen LogP contribution is 2.31. The first-order valence-electron chi connectivity index (χ1n) is 10.3.